The van der Waals surface area contributed by atoms with Crippen LogP contribution < -0.4 is 0 Å². The average Bonchev–Trinajstić information content (AvgIpc) is 2.16. The molecule has 1 aromatic rings. The Morgan fingerprint density at radius 1 is 1.27 bits per heavy atom. The first kappa shape index (κ1) is 11.6. The minimum Gasteiger partial charge on any atom is -0.343 e. The summed E-state index contributed by atoms with van der Waals surface area (Å²) in [5.41, 5.74) is -0.899. The molecule has 0 atom stereocenters. The molecule has 0 saturated carbocycles. The van der Waals surface area contributed by atoms with Crippen molar-refractivity contribution < 1.29 is 18.0 Å². The van der Waals surface area contributed by atoms with Gasteiger partial charge in [-0.25, -0.2) is 4.39 Å². The van der Waals surface area contributed by atoms with E-state index in [2.05, 4.69) is 0 Å². The van der Waals surface area contributed by atoms with Gasteiger partial charge in [-0.2, -0.15) is 8.78 Å². The van der Waals surface area contributed by atoms with Crippen LogP contribution >= 0.6 is 0 Å². The van der Waals surface area contributed by atoms with Gasteiger partial charge in [0.05, 0.1) is 5.56 Å². The van der Waals surface area contributed by atoms with E-state index in [4.69, 9.17) is 0 Å². The van der Waals surface area contributed by atoms with E-state index in [0.717, 1.165) is 17.0 Å². The first-order valence-electron chi connectivity index (χ1n) is 4.22. The number of nitrogens with zero attached hydrogens (tertiary/aromatic N) is 1. The number of hydrogen-bond donors (Lipinski definition) is 0. The third-order valence-electron chi connectivity index (χ3n) is 1.89. The van der Waals surface area contributed by atoms with Crippen LogP contribution in [-0.2, 0) is 10.7 Å². The smallest absolute Gasteiger partial charge is 0.343 e. The van der Waals surface area contributed by atoms with Crippen LogP contribution in [0.2, 0.25) is 0 Å². The fraction of sp³-hybridized carbons (Fsp3) is 0.300. The van der Waals surface area contributed by atoms with Gasteiger partial charge in [0.2, 0.25) is 0 Å². The third-order valence-corrected chi connectivity index (χ3v) is 1.89. The molecular weight excluding hydrogens is 207 g/mol. The normalized spacial score (nSPS) is 11.3. The summed E-state index contributed by atoms with van der Waals surface area (Å²) in [4.78, 5) is 11.9. The SMILES string of the molecule is CN(C)C(=O)C(F)(F)c1ccccc1F. The molecule has 0 aromatic heterocycles. The van der Waals surface area contributed by atoms with Gasteiger partial charge in [-0.1, -0.05) is 12.1 Å². The van der Waals surface area contributed by atoms with Crippen molar-refractivity contribution in [3.63, 3.8) is 0 Å². The van der Waals surface area contributed by atoms with Crippen molar-refractivity contribution in [2.24, 2.45) is 0 Å². The zero-order valence-electron chi connectivity index (χ0n) is 8.30. The second kappa shape index (κ2) is 3.92. The molecule has 82 valence electrons. The number of rotatable bonds is 2. The molecular formula is C10H10F3NO. The molecule has 0 radical (unpaired) electrons. The summed E-state index contributed by atoms with van der Waals surface area (Å²) >= 11 is 0. The quantitative estimate of drug-likeness (QED) is 0.742. The Morgan fingerprint density at radius 2 is 1.80 bits per heavy atom. The van der Waals surface area contributed by atoms with Crippen LogP contribution in [0.1, 0.15) is 5.56 Å². The molecule has 0 bridgehead atoms. The Morgan fingerprint density at radius 3 is 2.27 bits per heavy atom. The molecule has 1 aromatic carbocycles. The van der Waals surface area contributed by atoms with Crippen LogP contribution in [-0.4, -0.2) is 24.9 Å². The molecule has 0 spiro atoms. The molecule has 1 rings (SSSR count). The summed E-state index contributed by atoms with van der Waals surface area (Å²) in [5, 5.41) is 0. The Labute approximate surface area is 85.3 Å². The van der Waals surface area contributed by atoms with E-state index in [1.807, 2.05) is 0 Å². The monoisotopic (exact) mass is 217 g/mol. The maximum absolute atomic E-state index is 13.4. The predicted molar refractivity (Wildman–Crippen MR) is 49.0 cm³/mol. The maximum atomic E-state index is 13.4. The van der Waals surface area contributed by atoms with Gasteiger partial charge in [0.15, 0.2) is 0 Å². The lowest BCUT2D eigenvalue weighted by Gasteiger charge is -2.20. The molecule has 1 amide bonds. The van der Waals surface area contributed by atoms with Crippen molar-refractivity contribution in [2.75, 3.05) is 14.1 Å². The minimum atomic E-state index is -3.82. The van der Waals surface area contributed by atoms with Crippen LogP contribution in [0.5, 0.6) is 0 Å². The Kier molecular flexibility index (Phi) is 3.02. The molecule has 0 saturated heterocycles. The Bertz CT molecular complexity index is 377. The lowest BCUT2D eigenvalue weighted by Crippen LogP contribution is -2.37. The highest BCUT2D eigenvalue weighted by Crippen LogP contribution is 2.31. The largest absolute Gasteiger partial charge is 0.352 e. The van der Waals surface area contributed by atoms with E-state index in [1.54, 1.807) is 0 Å². The highest BCUT2D eigenvalue weighted by Gasteiger charge is 2.43. The van der Waals surface area contributed by atoms with Gasteiger partial charge in [-0.05, 0) is 12.1 Å². The summed E-state index contributed by atoms with van der Waals surface area (Å²) in [6, 6.07) is 4.34. The topological polar surface area (TPSA) is 20.3 Å². The second-order valence-electron chi connectivity index (χ2n) is 3.25. The number of alkyl halides is 2. The number of benzene rings is 1. The molecule has 0 aliphatic heterocycles. The lowest BCUT2D eigenvalue weighted by atomic mass is 10.1. The van der Waals surface area contributed by atoms with Crippen LogP contribution in [0.3, 0.4) is 0 Å². The van der Waals surface area contributed by atoms with Gasteiger partial charge in [-0.3, -0.25) is 4.79 Å². The molecule has 0 fully saturated rings. The molecule has 0 aliphatic rings. The number of halogens is 3. The number of hydrogen-bond acceptors (Lipinski definition) is 1. The predicted octanol–water partition coefficient (Wildman–Crippen LogP) is 2.01. The molecule has 0 unspecified atom stereocenters. The molecule has 2 nitrogen and oxygen atoms in total. The van der Waals surface area contributed by atoms with E-state index in [9.17, 15) is 18.0 Å². The van der Waals surface area contributed by atoms with E-state index < -0.39 is 23.2 Å². The summed E-state index contributed by atoms with van der Waals surface area (Å²) in [7, 11) is 2.38. The van der Waals surface area contributed by atoms with Gasteiger partial charge in [0.25, 0.3) is 5.91 Å². The molecule has 0 aliphatic carbocycles. The zero-order chi connectivity index (χ0) is 11.6. The highest BCUT2D eigenvalue weighted by atomic mass is 19.3. The Hall–Kier alpha value is -1.52. The fourth-order valence-corrected chi connectivity index (χ4v) is 1.11. The fourth-order valence-electron chi connectivity index (χ4n) is 1.11. The number of carbonyl (C=O) groups is 1. The van der Waals surface area contributed by atoms with Gasteiger partial charge in [-0.15, -0.1) is 0 Å². The van der Waals surface area contributed by atoms with Crippen LogP contribution in [0.4, 0.5) is 13.2 Å². The second-order valence-corrected chi connectivity index (χ2v) is 3.25. The minimum absolute atomic E-state index is 0.729. The Balaban J connectivity index is 3.17. The summed E-state index contributed by atoms with van der Waals surface area (Å²) in [6.07, 6.45) is 0. The average molecular weight is 217 g/mol. The molecule has 0 N–H and O–H groups in total. The summed E-state index contributed by atoms with van der Waals surface area (Å²) < 4.78 is 39.9. The first-order valence-corrected chi connectivity index (χ1v) is 4.22. The van der Waals surface area contributed by atoms with Gasteiger partial charge in [0, 0.05) is 14.1 Å². The van der Waals surface area contributed by atoms with E-state index in [1.165, 1.54) is 26.2 Å². The number of amides is 1. The maximum Gasteiger partial charge on any atom is 0.352 e. The number of likely N-dealkylation sites (N-methyl/N-ethyl adjacent to an activating group) is 1. The summed E-state index contributed by atoms with van der Waals surface area (Å²) in [5.74, 6) is -6.35. The van der Waals surface area contributed by atoms with Crippen molar-refractivity contribution in [1.29, 1.82) is 0 Å². The van der Waals surface area contributed by atoms with Crippen molar-refractivity contribution in [3.05, 3.63) is 35.6 Å². The number of carbonyl (C=O) groups excluding carboxylic acids is 1. The standard InChI is InChI=1S/C10H10F3NO/c1-14(2)9(15)10(12,13)7-5-3-4-6-8(7)11/h3-6H,1-2H3. The summed E-state index contributed by atoms with van der Waals surface area (Å²) in [6.45, 7) is 0. The van der Waals surface area contributed by atoms with Gasteiger partial charge in [0.1, 0.15) is 5.82 Å². The van der Waals surface area contributed by atoms with Crippen molar-refractivity contribution >= 4 is 5.91 Å². The van der Waals surface area contributed by atoms with E-state index in [-0.39, 0.29) is 0 Å². The van der Waals surface area contributed by atoms with Crippen molar-refractivity contribution in [1.82, 2.24) is 4.90 Å². The zero-order valence-corrected chi connectivity index (χ0v) is 8.30. The van der Waals surface area contributed by atoms with E-state index >= 15 is 0 Å². The first-order chi connectivity index (χ1) is 6.87. The van der Waals surface area contributed by atoms with E-state index in [0.29, 0.717) is 0 Å². The van der Waals surface area contributed by atoms with Gasteiger partial charge >= 0.3 is 5.92 Å². The molecule has 15 heavy (non-hydrogen) atoms. The molecule has 0 heterocycles. The third kappa shape index (κ3) is 2.11. The van der Waals surface area contributed by atoms with Gasteiger partial charge < -0.3 is 4.90 Å². The van der Waals surface area contributed by atoms with Crippen molar-refractivity contribution in [2.45, 2.75) is 5.92 Å². The molecule has 5 heteroatoms. The van der Waals surface area contributed by atoms with Crippen LogP contribution in [0.25, 0.3) is 0 Å². The highest BCUT2D eigenvalue weighted by molar-refractivity contribution is 5.84. The van der Waals surface area contributed by atoms with Crippen LogP contribution in [0.15, 0.2) is 24.3 Å². The lowest BCUT2D eigenvalue weighted by molar-refractivity contribution is -0.156. The van der Waals surface area contributed by atoms with Crippen molar-refractivity contribution in [3.8, 4) is 0 Å². The van der Waals surface area contributed by atoms with Crippen LogP contribution in [0, 0.1) is 5.82 Å².